The van der Waals surface area contributed by atoms with Crippen molar-refractivity contribution in [3.05, 3.63) is 60.8 Å². The van der Waals surface area contributed by atoms with Crippen LogP contribution >= 0.6 is 0 Å². The molecule has 0 heterocycles. The van der Waals surface area contributed by atoms with Crippen molar-refractivity contribution >= 4 is 17.9 Å². The molecule has 0 fully saturated rings. The third kappa shape index (κ3) is 54.1. The van der Waals surface area contributed by atoms with Crippen molar-refractivity contribution in [2.75, 3.05) is 13.2 Å². The molecule has 0 spiro atoms. The van der Waals surface area contributed by atoms with Gasteiger partial charge in [-0.15, -0.1) is 0 Å². The summed E-state index contributed by atoms with van der Waals surface area (Å²) in [7, 11) is 0. The van der Waals surface area contributed by atoms with Gasteiger partial charge in [0, 0.05) is 19.3 Å². The average Bonchev–Trinajstić information content (AvgIpc) is 3.34. The van der Waals surface area contributed by atoms with Crippen molar-refractivity contribution in [1.29, 1.82) is 0 Å². The first-order valence-electron chi connectivity index (χ1n) is 29.3. The van der Waals surface area contributed by atoms with Gasteiger partial charge in [-0.3, -0.25) is 14.4 Å². The predicted molar refractivity (Wildman–Crippen MR) is 293 cm³/mol. The fourth-order valence-electron chi connectivity index (χ4n) is 8.44. The Kier molecular flexibility index (Phi) is 54.3. The van der Waals surface area contributed by atoms with Crippen LogP contribution in [0, 0.1) is 0 Å². The first kappa shape index (κ1) is 65.1. The summed E-state index contributed by atoms with van der Waals surface area (Å²) in [6, 6.07) is 0. The minimum Gasteiger partial charge on any atom is -0.462 e. The molecule has 0 rings (SSSR count). The third-order valence-corrected chi connectivity index (χ3v) is 12.8. The van der Waals surface area contributed by atoms with Crippen molar-refractivity contribution in [2.24, 2.45) is 0 Å². The first-order valence-corrected chi connectivity index (χ1v) is 29.3. The van der Waals surface area contributed by atoms with Crippen LogP contribution in [-0.4, -0.2) is 37.2 Å². The molecule has 0 radical (unpaired) electrons. The highest BCUT2D eigenvalue weighted by molar-refractivity contribution is 5.71. The number of hydrogen-bond donors (Lipinski definition) is 0. The Morgan fingerprint density at radius 2 is 0.574 bits per heavy atom. The molecule has 6 nitrogen and oxygen atoms in total. The summed E-state index contributed by atoms with van der Waals surface area (Å²) in [6.07, 6.45) is 70.7. The first-order chi connectivity index (χ1) is 33.5. The van der Waals surface area contributed by atoms with Crippen LogP contribution in [0.5, 0.6) is 0 Å². The molecule has 0 aliphatic carbocycles. The van der Waals surface area contributed by atoms with Gasteiger partial charge in [-0.05, 0) is 77.0 Å². The van der Waals surface area contributed by atoms with E-state index < -0.39 is 6.10 Å². The van der Waals surface area contributed by atoms with E-state index >= 15 is 0 Å². The molecule has 6 heteroatoms. The largest absolute Gasteiger partial charge is 0.462 e. The van der Waals surface area contributed by atoms with Crippen molar-refractivity contribution in [2.45, 2.75) is 303 Å². The second kappa shape index (κ2) is 56.7. The minimum absolute atomic E-state index is 0.0770. The Balaban J connectivity index is 4.35. The van der Waals surface area contributed by atoms with Crippen molar-refractivity contribution in [1.82, 2.24) is 0 Å². The number of unbranched alkanes of at least 4 members (excludes halogenated alkanes) is 32. The van der Waals surface area contributed by atoms with E-state index in [0.717, 1.165) is 96.3 Å². The molecular weight excluding hydrogens is 841 g/mol. The minimum atomic E-state index is -0.778. The predicted octanol–water partition coefficient (Wildman–Crippen LogP) is 19.6. The maximum atomic E-state index is 12.9. The summed E-state index contributed by atoms with van der Waals surface area (Å²) >= 11 is 0. The fourth-order valence-corrected chi connectivity index (χ4v) is 8.44. The Morgan fingerprint density at radius 3 is 0.897 bits per heavy atom. The van der Waals surface area contributed by atoms with Crippen LogP contribution in [0.4, 0.5) is 0 Å². The lowest BCUT2D eigenvalue weighted by molar-refractivity contribution is -0.167. The summed E-state index contributed by atoms with van der Waals surface area (Å²) < 4.78 is 16.9. The van der Waals surface area contributed by atoms with Gasteiger partial charge in [0.2, 0.25) is 0 Å². The molecule has 1 unspecified atom stereocenters. The molecule has 0 saturated heterocycles. The average molecular weight is 952 g/mol. The fraction of sp³-hybridized carbons (Fsp3) is 0.790. The molecule has 394 valence electrons. The summed E-state index contributed by atoms with van der Waals surface area (Å²) in [5.41, 5.74) is 0. The zero-order valence-electron chi connectivity index (χ0n) is 45.1. The van der Waals surface area contributed by atoms with Crippen LogP contribution in [0.1, 0.15) is 297 Å². The Morgan fingerprint density at radius 1 is 0.309 bits per heavy atom. The number of carbonyl (C=O) groups excluding carboxylic acids is 3. The molecule has 1 atom stereocenters. The van der Waals surface area contributed by atoms with Crippen LogP contribution in [-0.2, 0) is 28.6 Å². The zero-order chi connectivity index (χ0) is 49.3. The smallest absolute Gasteiger partial charge is 0.306 e. The maximum Gasteiger partial charge on any atom is 0.306 e. The number of ether oxygens (including phenoxy) is 3. The monoisotopic (exact) mass is 951 g/mol. The second-order valence-corrected chi connectivity index (χ2v) is 19.5. The molecule has 0 aromatic heterocycles. The van der Waals surface area contributed by atoms with Gasteiger partial charge in [-0.1, -0.05) is 261 Å². The van der Waals surface area contributed by atoms with Gasteiger partial charge in [-0.2, -0.15) is 0 Å². The Bertz CT molecular complexity index is 1230. The van der Waals surface area contributed by atoms with E-state index in [4.69, 9.17) is 14.2 Å². The van der Waals surface area contributed by atoms with E-state index in [1.54, 1.807) is 0 Å². The van der Waals surface area contributed by atoms with Crippen LogP contribution in [0.15, 0.2) is 60.8 Å². The number of hydrogen-bond acceptors (Lipinski definition) is 6. The van der Waals surface area contributed by atoms with E-state index in [2.05, 4.69) is 81.5 Å². The van der Waals surface area contributed by atoms with Gasteiger partial charge >= 0.3 is 17.9 Å². The van der Waals surface area contributed by atoms with Crippen LogP contribution < -0.4 is 0 Å². The normalized spacial score (nSPS) is 12.5. The molecule has 0 N–H and O–H groups in total. The number of esters is 3. The van der Waals surface area contributed by atoms with E-state index in [9.17, 15) is 14.4 Å². The molecule has 0 aliphatic heterocycles. The highest BCUT2D eigenvalue weighted by Crippen LogP contribution is 2.17. The molecular formula is C62H110O6. The topological polar surface area (TPSA) is 78.9 Å². The highest BCUT2D eigenvalue weighted by atomic mass is 16.6. The molecule has 0 aromatic carbocycles. The third-order valence-electron chi connectivity index (χ3n) is 12.8. The SMILES string of the molecule is CC/C=C\C/C=C\C/C=C\CCCCCCCCCCCC(=O)OCC(COC(=O)CCCCCCCCC/C=C\C/C=C\CC)OC(=O)CCCCCCCCCCCCCCCCCCC. The maximum absolute atomic E-state index is 12.9. The Labute approximate surface area is 421 Å². The van der Waals surface area contributed by atoms with Gasteiger partial charge in [0.15, 0.2) is 6.10 Å². The van der Waals surface area contributed by atoms with Crippen LogP contribution in [0.2, 0.25) is 0 Å². The number of allylic oxidation sites excluding steroid dienone is 10. The molecule has 68 heavy (non-hydrogen) atoms. The summed E-state index contributed by atoms with van der Waals surface area (Å²) in [5.74, 6) is -0.876. The number of carbonyl (C=O) groups is 3. The summed E-state index contributed by atoms with van der Waals surface area (Å²) in [5, 5.41) is 0. The second-order valence-electron chi connectivity index (χ2n) is 19.5. The van der Waals surface area contributed by atoms with Gasteiger partial charge in [0.1, 0.15) is 13.2 Å². The standard InChI is InChI=1S/C62H110O6/c1-4-7-10-13-16-19-22-25-28-30-31-33-34-37-40-43-46-49-52-55-61(64)67-58-59(57-66-60(63)54-51-48-45-42-39-36-27-24-21-18-15-12-9-6-3)68-62(65)56-53-50-47-44-41-38-35-32-29-26-23-20-17-14-11-8-5-2/h7,9-10,12,16,18-19,21,25,28,59H,4-6,8,11,13-15,17,20,22-24,26-27,29-58H2,1-3H3/b10-7-,12-9-,19-16-,21-18-,28-25-. The van der Waals surface area contributed by atoms with Gasteiger partial charge in [0.05, 0.1) is 0 Å². The zero-order valence-corrected chi connectivity index (χ0v) is 45.1. The lowest BCUT2D eigenvalue weighted by Crippen LogP contribution is -2.30. The highest BCUT2D eigenvalue weighted by Gasteiger charge is 2.19. The Hall–Kier alpha value is -2.89. The lowest BCUT2D eigenvalue weighted by atomic mass is 10.0. The molecule has 0 bridgehead atoms. The van der Waals surface area contributed by atoms with E-state index in [1.165, 1.54) is 161 Å². The summed E-state index contributed by atoms with van der Waals surface area (Å²) in [6.45, 7) is 6.45. The molecule has 0 aromatic rings. The quantitative estimate of drug-likeness (QED) is 0.0262. The van der Waals surface area contributed by atoms with Gasteiger partial charge in [-0.25, -0.2) is 0 Å². The lowest BCUT2D eigenvalue weighted by Gasteiger charge is -2.18. The number of rotatable bonds is 53. The molecule has 0 amide bonds. The van der Waals surface area contributed by atoms with Gasteiger partial charge < -0.3 is 14.2 Å². The van der Waals surface area contributed by atoms with Gasteiger partial charge in [0.25, 0.3) is 0 Å². The van der Waals surface area contributed by atoms with E-state index in [-0.39, 0.29) is 31.1 Å². The molecule has 0 aliphatic rings. The van der Waals surface area contributed by atoms with Crippen molar-refractivity contribution in [3.8, 4) is 0 Å². The van der Waals surface area contributed by atoms with Crippen molar-refractivity contribution in [3.63, 3.8) is 0 Å². The molecule has 0 saturated carbocycles. The summed E-state index contributed by atoms with van der Waals surface area (Å²) in [4.78, 5) is 38.2. The van der Waals surface area contributed by atoms with Crippen LogP contribution in [0.25, 0.3) is 0 Å². The van der Waals surface area contributed by atoms with E-state index in [1.807, 2.05) is 0 Å². The van der Waals surface area contributed by atoms with Crippen molar-refractivity contribution < 1.29 is 28.6 Å². The van der Waals surface area contributed by atoms with Crippen LogP contribution in [0.3, 0.4) is 0 Å². The van der Waals surface area contributed by atoms with E-state index in [0.29, 0.717) is 19.3 Å².